The van der Waals surface area contributed by atoms with Crippen LogP contribution in [0.25, 0.3) is 0 Å². The van der Waals surface area contributed by atoms with Crippen LogP contribution in [-0.4, -0.2) is 20.1 Å². The zero-order valence-electron chi connectivity index (χ0n) is 13.8. The molecule has 0 spiro atoms. The Hall–Kier alpha value is -2.34. The fraction of sp³-hybridized carbons (Fsp3) is 0.278. The number of nitrogens with one attached hydrogen (secondary N) is 2. The van der Waals surface area contributed by atoms with Gasteiger partial charge in [-0.2, -0.15) is 0 Å². The summed E-state index contributed by atoms with van der Waals surface area (Å²) in [5.74, 6) is -1.19. The Bertz CT molecular complexity index is 772. The normalized spacial score (nSPS) is 12.4. The van der Waals surface area contributed by atoms with Gasteiger partial charge in [0.05, 0.1) is 11.7 Å². The minimum Gasteiger partial charge on any atom is -0.352 e. The highest BCUT2D eigenvalue weighted by Gasteiger charge is 2.21. The van der Waals surface area contributed by atoms with Crippen molar-refractivity contribution in [1.82, 2.24) is 5.32 Å². The molecule has 0 heterocycles. The van der Waals surface area contributed by atoms with Crippen LogP contribution in [0.3, 0.4) is 0 Å². The van der Waals surface area contributed by atoms with E-state index in [1.54, 1.807) is 19.1 Å². The van der Waals surface area contributed by atoms with Crippen molar-refractivity contribution < 1.29 is 13.2 Å². The topological polar surface area (TPSA) is 75.3 Å². The summed E-state index contributed by atoms with van der Waals surface area (Å²) in [4.78, 5) is 12.1. The van der Waals surface area contributed by atoms with Crippen LogP contribution in [0, 0.1) is 12.8 Å². The van der Waals surface area contributed by atoms with Crippen LogP contribution in [0.15, 0.2) is 54.6 Å². The Morgan fingerprint density at radius 3 is 2.29 bits per heavy atom. The summed E-state index contributed by atoms with van der Waals surface area (Å²) in [5.41, 5.74) is 2.52. The highest BCUT2D eigenvalue weighted by molar-refractivity contribution is 7.92. The molecule has 2 rings (SSSR count). The van der Waals surface area contributed by atoms with E-state index in [0.29, 0.717) is 12.2 Å². The molecule has 6 heteroatoms. The average molecular weight is 346 g/mol. The molecule has 1 amide bonds. The minimum absolute atomic E-state index is 0.262. The Morgan fingerprint density at radius 2 is 1.67 bits per heavy atom. The van der Waals surface area contributed by atoms with Gasteiger partial charge in [0.25, 0.3) is 0 Å². The zero-order chi connectivity index (χ0) is 17.6. The van der Waals surface area contributed by atoms with Gasteiger partial charge in [-0.15, -0.1) is 0 Å². The Morgan fingerprint density at radius 1 is 1.04 bits per heavy atom. The van der Waals surface area contributed by atoms with E-state index in [9.17, 15) is 13.2 Å². The molecule has 0 aliphatic heterocycles. The number of hydrogen-bond acceptors (Lipinski definition) is 3. The molecule has 0 aromatic heterocycles. The van der Waals surface area contributed by atoms with Crippen molar-refractivity contribution in [2.45, 2.75) is 20.4 Å². The number of sulfonamides is 1. The molecular weight excluding hydrogens is 324 g/mol. The van der Waals surface area contributed by atoms with Crippen LogP contribution >= 0.6 is 0 Å². The van der Waals surface area contributed by atoms with Crippen molar-refractivity contribution in [3.63, 3.8) is 0 Å². The summed E-state index contributed by atoms with van der Waals surface area (Å²) in [6.45, 7) is 3.92. The fourth-order valence-corrected chi connectivity index (χ4v) is 3.60. The Kier molecular flexibility index (Phi) is 5.98. The van der Waals surface area contributed by atoms with Crippen LogP contribution in [0.1, 0.15) is 18.1 Å². The lowest BCUT2D eigenvalue weighted by Crippen LogP contribution is -2.34. The average Bonchev–Trinajstić information content (AvgIpc) is 2.55. The zero-order valence-corrected chi connectivity index (χ0v) is 14.6. The highest BCUT2D eigenvalue weighted by atomic mass is 32.2. The van der Waals surface area contributed by atoms with E-state index in [2.05, 4.69) is 10.0 Å². The smallest absolute Gasteiger partial charge is 0.233 e. The van der Waals surface area contributed by atoms with E-state index in [4.69, 9.17) is 0 Å². The molecule has 2 aromatic rings. The van der Waals surface area contributed by atoms with E-state index >= 15 is 0 Å². The maximum Gasteiger partial charge on any atom is 0.233 e. The first kappa shape index (κ1) is 18.0. The van der Waals surface area contributed by atoms with Gasteiger partial charge in [0.2, 0.25) is 15.9 Å². The molecule has 2 N–H and O–H groups in total. The second kappa shape index (κ2) is 7.97. The van der Waals surface area contributed by atoms with Gasteiger partial charge < -0.3 is 5.32 Å². The highest BCUT2D eigenvalue weighted by Crippen LogP contribution is 2.12. The van der Waals surface area contributed by atoms with E-state index < -0.39 is 15.9 Å². The van der Waals surface area contributed by atoms with Crippen molar-refractivity contribution in [2.24, 2.45) is 5.92 Å². The molecule has 0 bridgehead atoms. The summed E-state index contributed by atoms with van der Waals surface area (Å²) in [6, 6.07) is 16.5. The van der Waals surface area contributed by atoms with Crippen molar-refractivity contribution >= 4 is 21.6 Å². The van der Waals surface area contributed by atoms with Crippen LogP contribution in [0.5, 0.6) is 0 Å². The number of rotatable bonds is 7. The largest absolute Gasteiger partial charge is 0.352 e. The predicted molar refractivity (Wildman–Crippen MR) is 96.0 cm³/mol. The molecule has 0 radical (unpaired) electrons. The van der Waals surface area contributed by atoms with Gasteiger partial charge in [0, 0.05) is 12.2 Å². The number of hydrogen-bond donors (Lipinski definition) is 2. The Balaban J connectivity index is 1.88. The van der Waals surface area contributed by atoms with Crippen molar-refractivity contribution in [3.05, 3.63) is 65.7 Å². The molecule has 0 aliphatic rings. The van der Waals surface area contributed by atoms with Gasteiger partial charge in [0.1, 0.15) is 0 Å². The van der Waals surface area contributed by atoms with Crippen molar-refractivity contribution in [2.75, 3.05) is 10.5 Å². The fourth-order valence-electron chi connectivity index (χ4n) is 2.21. The van der Waals surface area contributed by atoms with Crippen molar-refractivity contribution in [1.29, 1.82) is 0 Å². The molecule has 0 saturated carbocycles. The summed E-state index contributed by atoms with van der Waals surface area (Å²) in [7, 11) is -3.59. The number of amides is 1. The van der Waals surface area contributed by atoms with Gasteiger partial charge in [0.15, 0.2) is 0 Å². The molecule has 128 valence electrons. The quantitative estimate of drug-likeness (QED) is 0.809. The minimum atomic E-state index is -3.59. The first-order valence-corrected chi connectivity index (χ1v) is 9.40. The number of carbonyl (C=O) groups excluding carboxylic acids is 1. The van der Waals surface area contributed by atoms with Crippen LogP contribution < -0.4 is 10.0 Å². The lowest BCUT2D eigenvalue weighted by Gasteiger charge is -2.14. The van der Waals surface area contributed by atoms with E-state index in [0.717, 1.165) is 11.1 Å². The number of benzene rings is 2. The summed E-state index contributed by atoms with van der Waals surface area (Å²) in [6.07, 6.45) is 0. The van der Waals surface area contributed by atoms with Crippen LogP contribution in [0.4, 0.5) is 5.69 Å². The first-order valence-electron chi connectivity index (χ1n) is 7.74. The molecule has 24 heavy (non-hydrogen) atoms. The number of carbonyl (C=O) groups is 1. The first-order chi connectivity index (χ1) is 11.4. The third-order valence-electron chi connectivity index (χ3n) is 3.55. The SMILES string of the molecule is Cc1ccc(NS(=O)(=O)CC(C)C(=O)NCc2ccccc2)cc1. The molecule has 0 fully saturated rings. The third kappa shape index (κ3) is 5.70. The van der Waals surface area contributed by atoms with Gasteiger partial charge in [-0.3, -0.25) is 9.52 Å². The molecular formula is C18H22N2O3S. The predicted octanol–water partition coefficient (Wildman–Crippen LogP) is 2.69. The second-order valence-electron chi connectivity index (χ2n) is 5.85. The van der Waals surface area contributed by atoms with Gasteiger partial charge in [-0.05, 0) is 24.6 Å². The molecule has 2 aromatic carbocycles. The second-order valence-corrected chi connectivity index (χ2v) is 7.62. The molecule has 0 saturated heterocycles. The molecule has 0 aliphatic carbocycles. The van der Waals surface area contributed by atoms with E-state index in [-0.39, 0.29) is 11.7 Å². The summed E-state index contributed by atoms with van der Waals surface area (Å²) in [5, 5.41) is 2.76. The third-order valence-corrected chi connectivity index (χ3v) is 5.04. The number of anilines is 1. The van der Waals surface area contributed by atoms with Gasteiger partial charge in [-0.1, -0.05) is 55.0 Å². The van der Waals surface area contributed by atoms with Crippen molar-refractivity contribution in [3.8, 4) is 0 Å². The molecule has 5 nitrogen and oxygen atoms in total. The van der Waals surface area contributed by atoms with Gasteiger partial charge >= 0.3 is 0 Å². The van der Waals surface area contributed by atoms with Crippen LogP contribution in [-0.2, 0) is 21.4 Å². The molecule has 1 atom stereocenters. The monoisotopic (exact) mass is 346 g/mol. The maximum absolute atomic E-state index is 12.2. The Labute approximate surface area is 143 Å². The summed E-state index contributed by atoms with van der Waals surface area (Å²) < 4.78 is 26.9. The number of aryl methyl sites for hydroxylation is 1. The van der Waals surface area contributed by atoms with E-state index in [1.165, 1.54) is 0 Å². The standard InChI is InChI=1S/C18H22N2O3S/c1-14-8-10-17(11-9-14)20-24(22,23)13-15(2)18(21)19-12-16-6-4-3-5-7-16/h3-11,15,20H,12-13H2,1-2H3,(H,19,21). The maximum atomic E-state index is 12.2. The molecule has 1 unspecified atom stereocenters. The van der Waals surface area contributed by atoms with Gasteiger partial charge in [-0.25, -0.2) is 8.42 Å². The van der Waals surface area contributed by atoms with E-state index in [1.807, 2.05) is 49.4 Å². The van der Waals surface area contributed by atoms with Crippen LogP contribution in [0.2, 0.25) is 0 Å². The summed E-state index contributed by atoms with van der Waals surface area (Å²) >= 11 is 0. The lowest BCUT2D eigenvalue weighted by molar-refractivity contribution is -0.124. The lowest BCUT2D eigenvalue weighted by atomic mass is 10.2.